The van der Waals surface area contributed by atoms with Crippen LogP contribution < -0.4 is 4.90 Å². The minimum atomic E-state index is -0.00476. The second kappa shape index (κ2) is 9.66. The van der Waals surface area contributed by atoms with Crippen molar-refractivity contribution in [3.63, 3.8) is 0 Å². The number of anilines is 1. The van der Waals surface area contributed by atoms with Gasteiger partial charge in [-0.2, -0.15) is 5.26 Å². The van der Waals surface area contributed by atoms with Crippen molar-refractivity contribution in [3.05, 3.63) is 65.4 Å². The van der Waals surface area contributed by atoms with Gasteiger partial charge in [-0.25, -0.2) is 0 Å². The highest BCUT2D eigenvalue weighted by atomic mass is 32.1. The lowest BCUT2D eigenvalue weighted by molar-refractivity contribution is -0.119. The van der Waals surface area contributed by atoms with Crippen molar-refractivity contribution >= 4 is 22.9 Å². The van der Waals surface area contributed by atoms with Crippen LogP contribution in [0.25, 0.3) is 0 Å². The Morgan fingerprint density at radius 1 is 1.25 bits per heavy atom. The predicted octanol–water partition coefficient (Wildman–Crippen LogP) is 3.68. The number of carbonyl (C=O) groups excluding carboxylic acids is 1. The van der Waals surface area contributed by atoms with Gasteiger partial charge < -0.3 is 4.90 Å². The predicted molar refractivity (Wildman–Crippen MR) is 98.8 cm³/mol. The van der Waals surface area contributed by atoms with E-state index in [1.807, 2.05) is 47.9 Å². The summed E-state index contributed by atoms with van der Waals surface area (Å²) in [7, 11) is 0. The minimum Gasteiger partial charge on any atom is -0.310 e. The monoisotopic (exact) mass is 339 g/mol. The number of nitrogens with zero attached hydrogens (tertiary/aromatic N) is 3. The second-order valence-corrected chi connectivity index (χ2v) is 6.36. The fraction of sp³-hybridized carbons (Fsp3) is 0.263. The zero-order valence-corrected chi connectivity index (χ0v) is 14.4. The van der Waals surface area contributed by atoms with Gasteiger partial charge in [-0.05, 0) is 23.6 Å². The highest BCUT2D eigenvalue weighted by Crippen LogP contribution is 2.16. The molecular formula is C19H21N3OS. The Morgan fingerprint density at radius 3 is 2.67 bits per heavy atom. The van der Waals surface area contributed by atoms with E-state index in [1.165, 1.54) is 4.88 Å². The molecule has 0 radical (unpaired) electrons. The summed E-state index contributed by atoms with van der Waals surface area (Å²) in [5.41, 5.74) is 0.826. The van der Waals surface area contributed by atoms with Crippen LogP contribution >= 0.6 is 11.3 Å². The summed E-state index contributed by atoms with van der Waals surface area (Å²) in [5, 5.41) is 10.9. The van der Waals surface area contributed by atoms with Gasteiger partial charge in [-0.3, -0.25) is 9.69 Å². The Balaban J connectivity index is 2.09. The van der Waals surface area contributed by atoms with Crippen molar-refractivity contribution in [2.75, 3.05) is 24.5 Å². The van der Waals surface area contributed by atoms with E-state index in [-0.39, 0.29) is 5.91 Å². The molecule has 0 fully saturated rings. The maximum absolute atomic E-state index is 12.8. The Kier molecular flexibility index (Phi) is 7.21. The number of rotatable bonds is 9. The van der Waals surface area contributed by atoms with Gasteiger partial charge in [0, 0.05) is 30.2 Å². The summed E-state index contributed by atoms with van der Waals surface area (Å²) >= 11 is 1.68. The number of thiophene rings is 1. The Bertz CT molecular complexity index is 676. The zero-order valence-electron chi connectivity index (χ0n) is 13.6. The lowest BCUT2D eigenvalue weighted by Crippen LogP contribution is -2.40. The third-order valence-corrected chi connectivity index (χ3v) is 4.38. The summed E-state index contributed by atoms with van der Waals surface area (Å²) in [6, 6.07) is 15.7. The number of carbonyl (C=O) groups is 1. The molecule has 0 saturated heterocycles. The summed E-state index contributed by atoms with van der Waals surface area (Å²) in [4.78, 5) is 17.8. The van der Waals surface area contributed by atoms with Crippen LogP contribution in [0, 0.1) is 11.3 Å². The number of amides is 1. The molecule has 24 heavy (non-hydrogen) atoms. The SMILES string of the molecule is C=CCN(CC(=O)N(CCC#N)c1ccccc1)Cc1cccs1. The molecule has 0 spiro atoms. The lowest BCUT2D eigenvalue weighted by atomic mass is 10.2. The molecular weight excluding hydrogens is 318 g/mol. The van der Waals surface area contributed by atoms with E-state index in [2.05, 4.69) is 23.6 Å². The van der Waals surface area contributed by atoms with Crippen LogP contribution in [-0.2, 0) is 11.3 Å². The topological polar surface area (TPSA) is 47.3 Å². The third kappa shape index (κ3) is 5.34. The van der Waals surface area contributed by atoms with E-state index in [0.717, 1.165) is 12.2 Å². The van der Waals surface area contributed by atoms with E-state index >= 15 is 0 Å². The summed E-state index contributed by atoms with van der Waals surface area (Å²) in [6.07, 6.45) is 2.12. The Hall–Kier alpha value is -2.42. The van der Waals surface area contributed by atoms with Crippen molar-refractivity contribution in [3.8, 4) is 6.07 Å². The highest BCUT2D eigenvalue weighted by molar-refractivity contribution is 7.09. The Labute approximate surface area is 147 Å². The molecule has 2 aromatic rings. The van der Waals surface area contributed by atoms with Crippen LogP contribution in [-0.4, -0.2) is 30.4 Å². The molecule has 5 heteroatoms. The number of para-hydroxylation sites is 1. The van der Waals surface area contributed by atoms with Crippen LogP contribution in [0.3, 0.4) is 0 Å². The normalized spacial score (nSPS) is 10.3. The molecule has 1 heterocycles. The van der Waals surface area contributed by atoms with E-state index in [9.17, 15) is 4.79 Å². The minimum absolute atomic E-state index is 0.00476. The third-order valence-electron chi connectivity index (χ3n) is 3.52. The fourth-order valence-electron chi connectivity index (χ4n) is 2.43. The first kappa shape index (κ1) is 17.9. The summed E-state index contributed by atoms with van der Waals surface area (Å²) < 4.78 is 0. The summed E-state index contributed by atoms with van der Waals surface area (Å²) in [5.74, 6) is -0.00476. The average molecular weight is 339 g/mol. The van der Waals surface area contributed by atoms with Gasteiger partial charge >= 0.3 is 0 Å². The number of benzene rings is 1. The molecule has 0 saturated carbocycles. The maximum atomic E-state index is 12.8. The van der Waals surface area contributed by atoms with Crippen molar-refractivity contribution in [1.82, 2.24) is 4.90 Å². The molecule has 0 aliphatic carbocycles. The first-order valence-electron chi connectivity index (χ1n) is 7.82. The Morgan fingerprint density at radius 2 is 2.04 bits per heavy atom. The number of hydrogen-bond donors (Lipinski definition) is 0. The van der Waals surface area contributed by atoms with Crippen molar-refractivity contribution < 1.29 is 4.79 Å². The van der Waals surface area contributed by atoms with Gasteiger partial charge in [-0.15, -0.1) is 17.9 Å². The fourth-order valence-corrected chi connectivity index (χ4v) is 3.18. The number of hydrogen-bond acceptors (Lipinski definition) is 4. The van der Waals surface area contributed by atoms with Crippen molar-refractivity contribution in [1.29, 1.82) is 5.26 Å². The van der Waals surface area contributed by atoms with Gasteiger partial charge in [-0.1, -0.05) is 30.3 Å². The van der Waals surface area contributed by atoms with Crippen LogP contribution in [0.15, 0.2) is 60.5 Å². The first-order chi connectivity index (χ1) is 11.7. The first-order valence-corrected chi connectivity index (χ1v) is 8.70. The maximum Gasteiger partial charge on any atom is 0.241 e. The standard InChI is InChI=1S/C19H21N3OS/c1-2-12-21(15-18-10-6-14-24-18)16-19(23)22(13-7-11-20)17-8-4-3-5-9-17/h2-6,8-10,14H,1,7,12-13,15-16H2. The molecule has 0 aliphatic rings. The van der Waals surface area contributed by atoms with Gasteiger partial charge in [0.25, 0.3) is 0 Å². The van der Waals surface area contributed by atoms with E-state index in [4.69, 9.17) is 5.26 Å². The molecule has 0 N–H and O–H groups in total. The lowest BCUT2D eigenvalue weighted by Gasteiger charge is -2.26. The van der Waals surface area contributed by atoms with E-state index in [1.54, 1.807) is 16.2 Å². The van der Waals surface area contributed by atoms with Crippen LogP contribution in [0.5, 0.6) is 0 Å². The second-order valence-electron chi connectivity index (χ2n) is 5.33. The quantitative estimate of drug-likeness (QED) is 0.655. The van der Waals surface area contributed by atoms with Crippen LogP contribution in [0.1, 0.15) is 11.3 Å². The van der Waals surface area contributed by atoms with Gasteiger partial charge in [0.2, 0.25) is 5.91 Å². The van der Waals surface area contributed by atoms with Crippen LogP contribution in [0.4, 0.5) is 5.69 Å². The highest BCUT2D eigenvalue weighted by Gasteiger charge is 2.18. The van der Waals surface area contributed by atoms with Gasteiger partial charge in [0.15, 0.2) is 0 Å². The molecule has 0 aliphatic heterocycles. The van der Waals surface area contributed by atoms with E-state index < -0.39 is 0 Å². The molecule has 1 aromatic heterocycles. The molecule has 124 valence electrons. The van der Waals surface area contributed by atoms with Gasteiger partial charge in [0.05, 0.1) is 19.0 Å². The van der Waals surface area contributed by atoms with E-state index in [0.29, 0.717) is 26.1 Å². The molecule has 4 nitrogen and oxygen atoms in total. The van der Waals surface area contributed by atoms with Crippen molar-refractivity contribution in [2.45, 2.75) is 13.0 Å². The largest absolute Gasteiger partial charge is 0.310 e. The summed E-state index contributed by atoms with van der Waals surface area (Å²) in [6.45, 7) is 5.84. The van der Waals surface area contributed by atoms with Gasteiger partial charge in [0.1, 0.15) is 0 Å². The number of nitriles is 1. The smallest absolute Gasteiger partial charge is 0.241 e. The van der Waals surface area contributed by atoms with Crippen molar-refractivity contribution in [2.24, 2.45) is 0 Å². The molecule has 2 rings (SSSR count). The molecule has 1 aromatic carbocycles. The molecule has 0 atom stereocenters. The molecule has 1 amide bonds. The van der Waals surface area contributed by atoms with Crippen LogP contribution in [0.2, 0.25) is 0 Å². The molecule has 0 unspecified atom stereocenters. The average Bonchev–Trinajstić information content (AvgIpc) is 3.09. The molecule has 0 bridgehead atoms. The zero-order chi connectivity index (χ0) is 17.2.